The molecule has 0 amide bonds. The second-order valence-electron chi connectivity index (χ2n) is 4.44. The number of aliphatic hydroxyl groups excluding tert-OH is 1. The van der Waals surface area contributed by atoms with E-state index in [1.165, 1.54) is 0 Å². The van der Waals surface area contributed by atoms with Crippen molar-refractivity contribution in [2.75, 3.05) is 37.0 Å². The van der Waals surface area contributed by atoms with E-state index < -0.39 is 0 Å². The Bertz CT molecular complexity index is 357. The molecule has 1 aromatic heterocycles. The summed E-state index contributed by atoms with van der Waals surface area (Å²) in [6, 6.07) is 0. The Morgan fingerprint density at radius 2 is 2.11 bits per heavy atom. The van der Waals surface area contributed by atoms with Crippen LogP contribution in [0, 0.1) is 6.92 Å². The van der Waals surface area contributed by atoms with Crippen LogP contribution in [-0.4, -0.2) is 41.8 Å². The fourth-order valence-electron chi connectivity index (χ4n) is 1.81. The molecular weight excluding hydrogens is 228 g/mol. The van der Waals surface area contributed by atoms with Crippen LogP contribution < -0.4 is 10.2 Å². The molecule has 0 bridgehead atoms. The summed E-state index contributed by atoms with van der Waals surface area (Å²) in [7, 11) is 2.05. The van der Waals surface area contributed by atoms with Crippen LogP contribution in [0.5, 0.6) is 0 Å². The molecule has 0 atom stereocenters. The smallest absolute Gasteiger partial charge is 0.224 e. The highest BCUT2D eigenvalue weighted by Gasteiger charge is 2.08. The zero-order chi connectivity index (χ0) is 13.4. The number of aryl methyl sites for hydroxylation is 1. The van der Waals surface area contributed by atoms with Gasteiger partial charge in [0.2, 0.25) is 5.95 Å². The van der Waals surface area contributed by atoms with Gasteiger partial charge in [0.15, 0.2) is 0 Å². The number of rotatable bonds is 8. The maximum atomic E-state index is 8.75. The summed E-state index contributed by atoms with van der Waals surface area (Å²) in [5, 5.41) is 11.9. The number of aliphatic hydroxyl groups is 1. The number of anilines is 2. The predicted octanol–water partition coefficient (Wildman–Crippen LogP) is 1.82. The van der Waals surface area contributed by atoms with Gasteiger partial charge >= 0.3 is 0 Å². The SMILES string of the molecule is CCNc1ncc(C)c(N(C)CCCCCO)n1. The van der Waals surface area contributed by atoms with Gasteiger partial charge in [-0.3, -0.25) is 0 Å². The summed E-state index contributed by atoms with van der Waals surface area (Å²) in [6.07, 6.45) is 4.84. The van der Waals surface area contributed by atoms with E-state index >= 15 is 0 Å². The lowest BCUT2D eigenvalue weighted by Crippen LogP contribution is -2.21. The molecule has 1 heterocycles. The van der Waals surface area contributed by atoms with Crippen molar-refractivity contribution < 1.29 is 5.11 Å². The lowest BCUT2D eigenvalue weighted by atomic mass is 10.2. The van der Waals surface area contributed by atoms with Gasteiger partial charge < -0.3 is 15.3 Å². The van der Waals surface area contributed by atoms with Gasteiger partial charge in [0.1, 0.15) is 5.82 Å². The summed E-state index contributed by atoms with van der Waals surface area (Å²) >= 11 is 0. The Kier molecular flexibility index (Phi) is 6.43. The lowest BCUT2D eigenvalue weighted by Gasteiger charge is -2.20. The van der Waals surface area contributed by atoms with Gasteiger partial charge in [-0.15, -0.1) is 0 Å². The van der Waals surface area contributed by atoms with E-state index in [-0.39, 0.29) is 6.61 Å². The Balaban J connectivity index is 2.59. The Morgan fingerprint density at radius 1 is 1.33 bits per heavy atom. The van der Waals surface area contributed by atoms with E-state index in [9.17, 15) is 0 Å². The minimum Gasteiger partial charge on any atom is -0.396 e. The maximum absolute atomic E-state index is 8.75. The van der Waals surface area contributed by atoms with Crippen LogP contribution in [-0.2, 0) is 0 Å². The second-order valence-corrected chi connectivity index (χ2v) is 4.44. The average molecular weight is 252 g/mol. The van der Waals surface area contributed by atoms with Gasteiger partial charge in [0.05, 0.1) is 0 Å². The number of hydrogen-bond acceptors (Lipinski definition) is 5. The van der Waals surface area contributed by atoms with E-state index in [0.29, 0.717) is 5.95 Å². The number of aromatic nitrogens is 2. The summed E-state index contributed by atoms with van der Waals surface area (Å²) < 4.78 is 0. The molecule has 102 valence electrons. The first-order valence-electron chi connectivity index (χ1n) is 6.58. The van der Waals surface area contributed by atoms with E-state index in [2.05, 4.69) is 20.2 Å². The molecule has 0 unspecified atom stereocenters. The van der Waals surface area contributed by atoms with Crippen LogP contribution in [0.1, 0.15) is 31.7 Å². The van der Waals surface area contributed by atoms with E-state index in [4.69, 9.17) is 5.11 Å². The molecule has 0 saturated carbocycles. The fraction of sp³-hybridized carbons (Fsp3) is 0.692. The molecule has 2 N–H and O–H groups in total. The van der Waals surface area contributed by atoms with Crippen LogP contribution in [0.2, 0.25) is 0 Å². The van der Waals surface area contributed by atoms with Crippen molar-refractivity contribution in [2.45, 2.75) is 33.1 Å². The van der Waals surface area contributed by atoms with Gasteiger partial charge in [-0.1, -0.05) is 0 Å². The molecule has 0 radical (unpaired) electrons. The minimum absolute atomic E-state index is 0.279. The topological polar surface area (TPSA) is 61.3 Å². The number of unbranched alkanes of at least 4 members (excludes halogenated alkanes) is 2. The molecule has 0 fully saturated rings. The molecule has 0 aromatic carbocycles. The fourth-order valence-corrected chi connectivity index (χ4v) is 1.81. The summed E-state index contributed by atoms with van der Waals surface area (Å²) in [4.78, 5) is 10.9. The van der Waals surface area contributed by atoms with Gasteiger partial charge in [0.25, 0.3) is 0 Å². The number of nitrogens with zero attached hydrogens (tertiary/aromatic N) is 3. The van der Waals surface area contributed by atoms with Crippen LogP contribution in [0.15, 0.2) is 6.20 Å². The molecule has 0 aliphatic heterocycles. The zero-order valence-corrected chi connectivity index (χ0v) is 11.6. The van der Waals surface area contributed by atoms with Crippen molar-refractivity contribution >= 4 is 11.8 Å². The first-order chi connectivity index (χ1) is 8.69. The zero-order valence-electron chi connectivity index (χ0n) is 11.6. The first kappa shape index (κ1) is 14.7. The van der Waals surface area contributed by atoms with Crippen LogP contribution in [0.4, 0.5) is 11.8 Å². The van der Waals surface area contributed by atoms with Gasteiger partial charge in [-0.25, -0.2) is 4.98 Å². The molecule has 1 aromatic rings. The monoisotopic (exact) mass is 252 g/mol. The van der Waals surface area contributed by atoms with Gasteiger partial charge in [0, 0.05) is 38.5 Å². The molecule has 0 spiro atoms. The van der Waals surface area contributed by atoms with Crippen LogP contribution in [0.25, 0.3) is 0 Å². The van der Waals surface area contributed by atoms with Crippen molar-refractivity contribution in [3.05, 3.63) is 11.8 Å². The van der Waals surface area contributed by atoms with Crippen LogP contribution in [0.3, 0.4) is 0 Å². The van der Waals surface area contributed by atoms with Crippen LogP contribution >= 0.6 is 0 Å². The Morgan fingerprint density at radius 3 is 2.78 bits per heavy atom. The largest absolute Gasteiger partial charge is 0.396 e. The number of nitrogens with one attached hydrogen (secondary N) is 1. The molecule has 0 aliphatic rings. The molecule has 18 heavy (non-hydrogen) atoms. The second kappa shape index (κ2) is 7.87. The third-order valence-corrected chi connectivity index (χ3v) is 2.79. The Hall–Kier alpha value is -1.36. The van der Waals surface area contributed by atoms with Gasteiger partial charge in [-0.2, -0.15) is 4.98 Å². The van der Waals surface area contributed by atoms with Crippen molar-refractivity contribution in [1.82, 2.24) is 9.97 Å². The predicted molar refractivity (Wildman–Crippen MR) is 75.1 cm³/mol. The third-order valence-electron chi connectivity index (χ3n) is 2.79. The van der Waals surface area contributed by atoms with Gasteiger partial charge in [-0.05, 0) is 33.1 Å². The molecule has 0 aliphatic carbocycles. The Labute approximate surface area is 109 Å². The molecule has 5 nitrogen and oxygen atoms in total. The highest BCUT2D eigenvalue weighted by molar-refractivity contribution is 5.48. The normalized spacial score (nSPS) is 10.4. The first-order valence-corrected chi connectivity index (χ1v) is 6.58. The van der Waals surface area contributed by atoms with E-state index in [1.807, 2.05) is 27.1 Å². The minimum atomic E-state index is 0.279. The average Bonchev–Trinajstić information content (AvgIpc) is 2.37. The molecular formula is C13H24N4O. The van der Waals surface area contributed by atoms with Crippen molar-refractivity contribution in [2.24, 2.45) is 0 Å². The summed E-state index contributed by atoms with van der Waals surface area (Å²) in [5.41, 5.74) is 1.08. The summed E-state index contributed by atoms with van der Waals surface area (Å²) in [6.45, 7) is 6.10. The third kappa shape index (κ3) is 4.49. The molecule has 0 saturated heterocycles. The quantitative estimate of drug-likeness (QED) is 0.691. The van der Waals surface area contributed by atoms with E-state index in [0.717, 1.165) is 43.7 Å². The number of hydrogen-bond donors (Lipinski definition) is 2. The maximum Gasteiger partial charge on any atom is 0.224 e. The highest BCUT2D eigenvalue weighted by Crippen LogP contribution is 2.17. The summed E-state index contributed by atoms with van der Waals surface area (Å²) in [5.74, 6) is 1.66. The molecule has 1 rings (SSSR count). The van der Waals surface area contributed by atoms with E-state index in [1.54, 1.807) is 0 Å². The highest BCUT2D eigenvalue weighted by atomic mass is 16.2. The lowest BCUT2D eigenvalue weighted by molar-refractivity contribution is 0.283. The molecule has 5 heteroatoms. The standard InChI is InChI=1S/C13H24N4O/c1-4-14-13-15-10-11(2)12(16-13)17(3)8-6-5-7-9-18/h10,18H,4-9H2,1-3H3,(H,14,15,16). The van der Waals surface area contributed by atoms with Crippen molar-refractivity contribution in [3.63, 3.8) is 0 Å². The van der Waals surface area contributed by atoms with Crippen molar-refractivity contribution in [3.8, 4) is 0 Å². The van der Waals surface area contributed by atoms with Crippen molar-refractivity contribution in [1.29, 1.82) is 0 Å².